The number of hydrogen-bond donors (Lipinski definition) is 1. The zero-order valence-corrected chi connectivity index (χ0v) is 20.7. The van der Waals surface area contributed by atoms with Crippen molar-refractivity contribution >= 4 is 21.3 Å². The highest BCUT2D eigenvalue weighted by Crippen LogP contribution is 2.55. The number of nitrogens with zero attached hydrogens (tertiary/aromatic N) is 3. The van der Waals surface area contributed by atoms with Gasteiger partial charge in [0.25, 0.3) is 0 Å². The maximum absolute atomic E-state index is 14.6. The number of ether oxygens (including phenoxy) is 2. The Morgan fingerprint density at radius 2 is 2.06 bits per heavy atom. The zero-order chi connectivity index (χ0) is 26.0. The molecule has 0 saturated carbocycles. The van der Waals surface area contributed by atoms with Crippen molar-refractivity contribution < 1.29 is 35.5 Å². The number of halogens is 4. The van der Waals surface area contributed by atoms with Crippen LogP contribution in [0.15, 0.2) is 29.4 Å². The van der Waals surface area contributed by atoms with Gasteiger partial charge in [-0.2, -0.15) is 13.2 Å². The Morgan fingerprint density at radius 1 is 1.31 bits per heavy atom. The number of aromatic nitrogens is 2. The van der Waals surface area contributed by atoms with Gasteiger partial charge in [-0.1, -0.05) is 6.92 Å². The van der Waals surface area contributed by atoms with Gasteiger partial charge in [0.05, 0.1) is 40.3 Å². The van der Waals surface area contributed by atoms with E-state index in [1.807, 2.05) is 4.90 Å². The Kier molecular flexibility index (Phi) is 5.95. The van der Waals surface area contributed by atoms with Crippen molar-refractivity contribution in [2.75, 3.05) is 24.7 Å². The molecule has 2 bridgehead atoms. The third-order valence-corrected chi connectivity index (χ3v) is 8.76. The van der Waals surface area contributed by atoms with E-state index in [0.717, 1.165) is 12.3 Å². The molecule has 1 aromatic carbocycles. The first-order valence-corrected chi connectivity index (χ1v) is 13.4. The summed E-state index contributed by atoms with van der Waals surface area (Å²) >= 11 is 0. The molecule has 5 rings (SSSR count). The molecule has 1 aromatic heterocycles. The first-order chi connectivity index (χ1) is 16.8. The molecule has 1 N–H and O–H groups in total. The fourth-order valence-corrected chi connectivity index (χ4v) is 6.38. The second-order valence-electron chi connectivity index (χ2n) is 9.75. The molecule has 2 aromatic rings. The van der Waals surface area contributed by atoms with Crippen LogP contribution < -0.4 is 10.1 Å². The molecule has 3 saturated heterocycles. The Bertz CT molecular complexity index is 1290. The summed E-state index contributed by atoms with van der Waals surface area (Å²) in [5.74, 6) is -2.15. The number of benzene rings is 1. The third kappa shape index (κ3) is 4.10. The number of sulfone groups is 1. The lowest BCUT2D eigenvalue weighted by Gasteiger charge is -2.42. The van der Waals surface area contributed by atoms with Gasteiger partial charge in [0.15, 0.2) is 9.84 Å². The smallest absolute Gasteiger partial charge is 0.393 e. The number of nitrogens with one attached hydrogen (secondary N) is 1. The van der Waals surface area contributed by atoms with Crippen LogP contribution in [0.4, 0.5) is 29.1 Å². The van der Waals surface area contributed by atoms with E-state index in [1.54, 1.807) is 6.92 Å². The van der Waals surface area contributed by atoms with Crippen molar-refractivity contribution in [3.63, 3.8) is 0 Å². The van der Waals surface area contributed by atoms with Crippen LogP contribution in [0, 0.1) is 18.7 Å². The molecule has 8 nitrogen and oxygen atoms in total. The lowest BCUT2D eigenvalue weighted by molar-refractivity contribution is -0.208. The first-order valence-electron chi connectivity index (χ1n) is 11.5. The van der Waals surface area contributed by atoms with Crippen LogP contribution in [0.5, 0.6) is 5.88 Å². The minimum Gasteiger partial charge on any atom is -0.472 e. The molecule has 3 aliphatic rings. The van der Waals surface area contributed by atoms with Crippen LogP contribution in [0.25, 0.3) is 0 Å². The summed E-state index contributed by atoms with van der Waals surface area (Å²) in [6, 6.07) is 3.26. The minimum atomic E-state index is -4.42. The van der Waals surface area contributed by atoms with E-state index in [0.29, 0.717) is 25.1 Å². The average Bonchev–Trinajstić information content (AvgIpc) is 3.25. The van der Waals surface area contributed by atoms with Crippen molar-refractivity contribution in [3.8, 4) is 5.88 Å². The molecule has 0 spiro atoms. The molecule has 0 radical (unpaired) electrons. The second kappa shape index (κ2) is 8.52. The monoisotopic (exact) mass is 530 g/mol. The van der Waals surface area contributed by atoms with Crippen LogP contribution in [0.1, 0.15) is 25.3 Å². The van der Waals surface area contributed by atoms with Crippen molar-refractivity contribution in [2.45, 2.75) is 61.5 Å². The standard InChI is InChI=1S/C23H26F4N4O4S/c1-12-20(30-18-5-4-16(7-17(18)24)36(3,32)33)28-11-29-21(12)35-19-6-14-10-34-15-8-22(19,31(14)9-15)13(2)23(25,26)27/h4-5,7,11,13-15,19H,6,8-10H2,1-3H3,(H,28,29,30). The number of anilines is 2. The highest BCUT2D eigenvalue weighted by molar-refractivity contribution is 7.90. The highest BCUT2D eigenvalue weighted by atomic mass is 32.2. The van der Waals surface area contributed by atoms with E-state index in [4.69, 9.17) is 9.47 Å². The van der Waals surface area contributed by atoms with E-state index in [-0.39, 0.29) is 40.8 Å². The summed E-state index contributed by atoms with van der Waals surface area (Å²) in [4.78, 5) is 10.0. The number of hydrogen-bond acceptors (Lipinski definition) is 8. The predicted octanol–water partition coefficient (Wildman–Crippen LogP) is 3.63. The summed E-state index contributed by atoms with van der Waals surface area (Å²) in [5.41, 5.74) is -0.908. The molecule has 3 fully saturated rings. The van der Waals surface area contributed by atoms with Crippen LogP contribution >= 0.6 is 0 Å². The fraction of sp³-hybridized carbons (Fsp3) is 0.565. The summed E-state index contributed by atoms with van der Waals surface area (Å²) in [6.07, 6.45) is -2.74. The van der Waals surface area contributed by atoms with Gasteiger partial charge < -0.3 is 14.8 Å². The SMILES string of the molecule is Cc1c(Nc2ccc(S(C)(=O)=O)cc2F)ncnc1OC1CC2COC3CN2C1(C(C)C(F)(F)F)C3. The van der Waals surface area contributed by atoms with Crippen LogP contribution in [0.3, 0.4) is 0 Å². The van der Waals surface area contributed by atoms with Crippen molar-refractivity contribution in [2.24, 2.45) is 5.92 Å². The second-order valence-corrected chi connectivity index (χ2v) is 11.8. The fourth-order valence-electron chi connectivity index (χ4n) is 5.74. The topological polar surface area (TPSA) is 93.7 Å². The minimum absolute atomic E-state index is 0.0189. The Hall–Kier alpha value is -2.51. The average molecular weight is 531 g/mol. The molecular formula is C23H26F4N4O4S. The molecule has 5 atom stereocenters. The summed E-state index contributed by atoms with van der Waals surface area (Å²) in [5, 5.41) is 2.80. The van der Waals surface area contributed by atoms with Gasteiger partial charge in [0, 0.05) is 25.3 Å². The number of morpholine rings is 1. The lowest BCUT2D eigenvalue weighted by Crippen LogP contribution is -2.58. The molecule has 4 heterocycles. The molecule has 13 heteroatoms. The highest BCUT2D eigenvalue weighted by Gasteiger charge is 2.68. The summed E-state index contributed by atoms with van der Waals surface area (Å²) in [7, 11) is -3.58. The molecule has 3 aliphatic heterocycles. The largest absolute Gasteiger partial charge is 0.472 e. The van der Waals surface area contributed by atoms with Crippen molar-refractivity contribution in [3.05, 3.63) is 35.9 Å². The van der Waals surface area contributed by atoms with Crippen LogP contribution in [-0.2, 0) is 14.6 Å². The molecule has 36 heavy (non-hydrogen) atoms. The van der Waals surface area contributed by atoms with E-state index in [2.05, 4.69) is 15.3 Å². The number of alkyl halides is 3. The molecule has 196 valence electrons. The normalized spacial score (nSPS) is 28.8. The predicted molar refractivity (Wildman–Crippen MR) is 121 cm³/mol. The Balaban J connectivity index is 1.44. The maximum atomic E-state index is 14.6. The molecule has 5 unspecified atom stereocenters. The van der Waals surface area contributed by atoms with E-state index < -0.39 is 39.4 Å². The zero-order valence-electron chi connectivity index (χ0n) is 19.8. The van der Waals surface area contributed by atoms with Gasteiger partial charge in [-0.15, -0.1) is 0 Å². The lowest BCUT2D eigenvalue weighted by atomic mass is 9.78. The first kappa shape index (κ1) is 25.2. The summed E-state index contributed by atoms with van der Waals surface area (Å²) < 4.78 is 91.9. The Morgan fingerprint density at radius 3 is 2.72 bits per heavy atom. The quantitative estimate of drug-likeness (QED) is 0.566. The van der Waals surface area contributed by atoms with E-state index in [9.17, 15) is 26.0 Å². The van der Waals surface area contributed by atoms with E-state index >= 15 is 0 Å². The van der Waals surface area contributed by atoms with Crippen molar-refractivity contribution in [1.82, 2.24) is 14.9 Å². The molecule has 0 aliphatic carbocycles. The maximum Gasteiger partial charge on any atom is 0.393 e. The van der Waals surface area contributed by atoms with E-state index in [1.165, 1.54) is 25.4 Å². The summed E-state index contributed by atoms with van der Waals surface area (Å²) in [6.45, 7) is 3.61. The van der Waals surface area contributed by atoms with Gasteiger partial charge in [-0.05, 0) is 31.5 Å². The van der Waals surface area contributed by atoms with Gasteiger partial charge in [-0.3, -0.25) is 4.90 Å². The van der Waals surface area contributed by atoms with Crippen LogP contribution in [0.2, 0.25) is 0 Å². The van der Waals surface area contributed by atoms with Gasteiger partial charge in [0.2, 0.25) is 5.88 Å². The van der Waals surface area contributed by atoms with Gasteiger partial charge >= 0.3 is 6.18 Å². The molecular weight excluding hydrogens is 504 g/mol. The molecule has 0 amide bonds. The number of fused-ring (bicyclic) bond motifs is 1. The van der Waals surface area contributed by atoms with Gasteiger partial charge in [-0.25, -0.2) is 22.8 Å². The third-order valence-electron chi connectivity index (χ3n) is 7.65. The van der Waals surface area contributed by atoms with Gasteiger partial charge in [0.1, 0.15) is 24.1 Å². The van der Waals surface area contributed by atoms with Crippen LogP contribution in [-0.4, -0.2) is 72.7 Å². The Labute approximate surface area is 205 Å². The number of rotatable bonds is 6. The van der Waals surface area contributed by atoms with Crippen molar-refractivity contribution in [1.29, 1.82) is 0 Å².